The standard InChI is InChI=1S/C64H44N6O2/c1-71-63-51(43-27-23-41(24-28-43)47-37-57(53-19-7-11-31-65-53)69-58(38-47)54-20-8-12-32-66-54)35-45-15-3-5-17-49(45)61(63)62-50-18-6-4-16-46(50)36-52(64(62)72-2)44-29-25-42(26-30-44)48-39-59(55-21-9-13-33-67-55)70-60(40-48)56-22-10-14-34-68-56/h3-40H,1-2H3. The van der Waals surface area contributed by atoms with Gasteiger partial charge in [-0.3, -0.25) is 19.9 Å². The topological polar surface area (TPSA) is 95.8 Å². The third kappa shape index (κ3) is 8.26. The number of rotatable bonds is 11. The van der Waals surface area contributed by atoms with E-state index in [2.05, 4.69) is 153 Å². The van der Waals surface area contributed by atoms with Gasteiger partial charge in [0, 0.05) is 47.0 Å². The van der Waals surface area contributed by atoms with Crippen LogP contribution in [0.2, 0.25) is 0 Å². The maximum atomic E-state index is 6.59. The summed E-state index contributed by atoms with van der Waals surface area (Å²) in [5, 5.41) is 4.26. The van der Waals surface area contributed by atoms with Crippen LogP contribution < -0.4 is 9.47 Å². The van der Waals surface area contributed by atoms with Crippen molar-refractivity contribution in [3.63, 3.8) is 0 Å². The Hall–Kier alpha value is -9.66. The van der Waals surface area contributed by atoms with Gasteiger partial charge in [-0.15, -0.1) is 0 Å². The molecule has 0 saturated carbocycles. The first-order chi connectivity index (χ1) is 35.6. The monoisotopic (exact) mass is 928 g/mol. The van der Waals surface area contributed by atoms with Crippen molar-refractivity contribution in [3.05, 3.63) is 231 Å². The number of pyridine rings is 6. The van der Waals surface area contributed by atoms with Gasteiger partial charge in [0.2, 0.25) is 0 Å². The maximum Gasteiger partial charge on any atom is 0.135 e. The summed E-state index contributed by atoms with van der Waals surface area (Å²) in [6, 6.07) is 70.6. The van der Waals surface area contributed by atoms with Crippen LogP contribution in [0.15, 0.2) is 231 Å². The molecule has 0 atom stereocenters. The van der Waals surface area contributed by atoms with Crippen LogP contribution in [-0.4, -0.2) is 44.1 Å². The Morgan fingerprint density at radius 2 is 0.583 bits per heavy atom. The van der Waals surface area contributed by atoms with Crippen LogP contribution in [0.4, 0.5) is 0 Å². The van der Waals surface area contributed by atoms with Gasteiger partial charge in [-0.2, -0.15) is 0 Å². The van der Waals surface area contributed by atoms with Crippen LogP contribution in [0, 0.1) is 0 Å². The Morgan fingerprint density at radius 3 is 0.889 bits per heavy atom. The minimum absolute atomic E-state index is 0.751. The SMILES string of the molecule is COc1c(-c2ccc(-c3cc(-c4ccccn4)nc(-c4ccccn4)c3)cc2)cc2ccccc2c1-c1c(OC)c(-c2ccc(-c3cc(-c4ccccn4)nc(-c4ccccn4)c3)cc2)cc2ccccc12. The molecule has 6 aromatic carbocycles. The summed E-state index contributed by atoms with van der Waals surface area (Å²) in [7, 11) is 3.52. The van der Waals surface area contributed by atoms with E-state index in [0.717, 1.165) is 134 Å². The quantitative estimate of drug-likeness (QED) is 0.127. The average Bonchev–Trinajstić information content (AvgIpc) is 3.47. The van der Waals surface area contributed by atoms with Gasteiger partial charge in [-0.1, -0.05) is 121 Å². The van der Waals surface area contributed by atoms with Crippen molar-refractivity contribution in [1.29, 1.82) is 0 Å². The second kappa shape index (κ2) is 19.0. The van der Waals surface area contributed by atoms with E-state index in [4.69, 9.17) is 19.4 Å². The molecule has 6 aromatic heterocycles. The van der Waals surface area contributed by atoms with Crippen LogP contribution in [0.25, 0.3) is 123 Å². The lowest BCUT2D eigenvalue weighted by Gasteiger charge is -2.23. The van der Waals surface area contributed by atoms with Gasteiger partial charge in [-0.05, 0) is 140 Å². The van der Waals surface area contributed by atoms with Crippen molar-refractivity contribution in [3.8, 4) is 113 Å². The highest BCUT2D eigenvalue weighted by atomic mass is 16.5. The zero-order valence-corrected chi connectivity index (χ0v) is 39.4. The highest BCUT2D eigenvalue weighted by Gasteiger charge is 2.25. The summed E-state index contributed by atoms with van der Waals surface area (Å²) < 4.78 is 13.2. The lowest BCUT2D eigenvalue weighted by atomic mass is 9.86. The lowest BCUT2D eigenvalue weighted by Crippen LogP contribution is -1.99. The number of hydrogen-bond acceptors (Lipinski definition) is 8. The summed E-state index contributed by atoms with van der Waals surface area (Å²) in [6.07, 6.45) is 7.16. The molecule has 0 bridgehead atoms. The molecule has 12 aromatic rings. The highest BCUT2D eigenvalue weighted by Crippen LogP contribution is 2.52. The van der Waals surface area contributed by atoms with Crippen molar-refractivity contribution in [2.75, 3.05) is 14.2 Å². The highest BCUT2D eigenvalue weighted by molar-refractivity contribution is 6.14. The van der Waals surface area contributed by atoms with Crippen molar-refractivity contribution < 1.29 is 9.47 Å². The Kier molecular flexibility index (Phi) is 11.5. The molecule has 0 radical (unpaired) electrons. The molecule has 0 spiro atoms. The number of fused-ring (bicyclic) bond motifs is 2. The molecule has 0 unspecified atom stereocenters. The van der Waals surface area contributed by atoms with Gasteiger partial charge in [0.1, 0.15) is 11.5 Å². The molecular weight excluding hydrogens is 885 g/mol. The predicted molar refractivity (Wildman–Crippen MR) is 290 cm³/mol. The number of nitrogens with zero attached hydrogens (tertiary/aromatic N) is 6. The van der Waals surface area contributed by atoms with Gasteiger partial charge >= 0.3 is 0 Å². The molecule has 8 nitrogen and oxygen atoms in total. The molecule has 0 N–H and O–H groups in total. The minimum atomic E-state index is 0.751. The van der Waals surface area contributed by atoms with E-state index in [9.17, 15) is 0 Å². The third-order valence-electron chi connectivity index (χ3n) is 13.1. The molecule has 72 heavy (non-hydrogen) atoms. The average molecular weight is 929 g/mol. The smallest absolute Gasteiger partial charge is 0.135 e. The first kappa shape index (κ1) is 43.6. The summed E-state index contributed by atoms with van der Waals surface area (Å²) in [6.45, 7) is 0. The minimum Gasteiger partial charge on any atom is -0.495 e. The maximum absolute atomic E-state index is 6.59. The second-order valence-corrected chi connectivity index (χ2v) is 17.4. The Bertz CT molecular complexity index is 3540. The summed E-state index contributed by atoms with van der Waals surface area (Å²) in [5.74, 6) is 1.50. The van der Waals surface area contributed by atoms with Crippen LogP contribution >= 0.6 is 0 Å². The van der Waals surface area contributed by atoms with E-state index in [1.807, 2.05) is 72.8 Å². The van der Waals surface area contributed by atoms with E-state index in [1.54, 1.807) is 39.0 Å². The van der Waals surface area contributed by atoms with Gasteiger partial charge in [-0.25, -0.2) is 9.97 Å². The van der Waals surface area contributed by atoms with Crippen LogP contribution in [0.1, 0.15) is 0 Å². The largest absolute Gasteiger partial charge is 0.495 e. The van der Waals surface area contributed by atoms with Crippen molar-refractivity contribution >= 4 is 21.5 Å². The van der Waals surface area contributed by atoms with E-state index in [0.29, 0.717) is 0 Å². The molecule has 6 heterocycles. The predicted octanol–water partition coefficient (Wildman–Crippen LogP) is 15.4. The number of aromatic nitrogens is 6. The zero-order valence-electron chi connectivity index (χ0n) is 39.4. The molecule has 342 valence electrons. The first-order valence-corrected chi connectivity index (χ1v) is 23.7. The molecule has 0 aliphatic rings. The van der Waals surface area contributed by atoms with Gasteiger partial charge in [0.15, 0.2) is 0 Å². The normalized spacial score (nSPS) is 11.2. The molecule has 0 amide bonds. The Balaban J connectivity index is 0.983. The molecule has 0 aliphatic carbocycles. The van der Waals surface area contributed by atoms with Crippen LogP contribution in [0.5, 0.6) is 11.5 Å². The van der Waals surface area contributed by atoms with Gasteiger partial charge in [0.05, 0.1) is 59.8 Å². The van der Waals surface area contributed by atoms with E-state index in [1.165, 1.54) is 0 Å². The molecule has 8 heteroatoms. The third-order valence-corrected chi connectivity index (χ3v) is 13.1. The van der Waals surface area contributed by atoms with Gasteiger partial charge < -0.3 is 9.47 Å². The summed E-state index contributed by atoms with van der Waals surface area (Å²) >= 11 is 0. The Morgan fingerprint density at radius 1 is 0.278 bits per heavy atom. The number of methoxy groups -OCH3 is 2. The molecular formula is C64H44N6O2. The first-order valence-electron chi connectivity index (χ1n) is 23.7. The van der Waals surface area contributed by atoms with Crippen molar-refractivity contribution in [2.24, 2.45) is 0 Å². The van der Waals surface area contributed by atoms with E-state index in [-0.39, 0.29) is 0 Å². The lowest BCUT2D eigenvalue weighted by molar-refractivity contribution is 0.413. The molecule has 12 rings (SSSR count). The fraction of sp³-hybridized carbons (Fsp3) is 0.0312. The Labute approximate surface area is 417 Å². The molecule has 0 saturated heterocycles. The van der Waals surface area contributed by atoms with Crippen molar-refractivity contribution in [1.82, 2.24) is 29.9 Å². The van der Waals surface area contributed by atoms with E-state index >= 15 is 0 Å². The summed E-state index contributed by atoms with van der Waals surface area (Å²) in [5.41, 5.74) is 16.2. The summed E-state index contributed by atoms with van der Waals surface area (Å²) in [4.78, 5) is 28.5. The number of hydrogen-bond donors (Lipinski definition) is 0. The zero-order chi connectivity index (χ0) is 48.4. The molecule has 0 aliphatic heterocycles. The van der Waals surface area contributed by atoms with E-state index < -0.39 is 0 Å². The molecule has 0 fully saturated rings. The van der Waals surface area contributed by atoms with Gasteiger partial charge in [0.25, 0.3) is 0 Å². The van der Waals surface area contributed by atoms with Crippen molar-refractivity contribution in [2.45, 2.75) is 0 Å². The fourth-order valence-corrected chi connectivity index (χ4v) is 9.67. The van der Waals surface area contributed by atoms with Crippen LogP contribution in [-0.2, 0) is 0 Å². The van der Waals surface area contributed by atoms with Crippen LogP contribution in [0.3, 0.4) is 0 Å². The second-order valence-electron chi connectivity index (χ2n) is 17.4. The number of ether oxygens (including phenoxy) is 2. The fourth-order valence-electron chi connectivity index (χ4n) is 9.67. The number of benzene rings is 6.